The van der Waals surface area contributed by atoms with Gasteiger partial charge in [0, 0.05) is 24.0 Å². The minimum absolute atomic E-state index is 0.0164. The summed E-state index contributed by atoms with van der Waals surface area (Å²) in [6.07, 6.45) is 3.07. The van der Waals surface area contributed by atoms with Crippen LogP contribution in [0, 0.1) is 17.0 Å². The predicted molar refractivity (Wildman–Crippen MR) is 70.4 cm³/mol. The van der Waals surface area contributed by atoms with E-state index in [9.17, 15) is 18.5 Å². The van der Waals surface area contributed by atoms with Crippen LogP contribution in [0.15, 0.2) is 35.5 Å². The van der Waals surface area contributed by atoms with Crippen molar-refractivity contribution in [2.24, 2.45) is 0 Å². The van der Waals surface area contributed by atoms with Gasteiger partial charge in [0.15, 0.2) is 0 Å². The quantitative estimate of drug-likeness (QED) is 0.632. The number of H-pyrrole nitrogens is 1. The fraction of sp³-hybridized carbons (Fsp3) is 0.182. The largest absolute Gasteiger partial charge is 0.347 e. The summed E-state index contributed by atoms with van der Waals surface area (Å²) in [7, 11) is -3.84. The summed E-state index contributed by atoms with van der Waals surface area (Å²) < 4.78 is 26.6. The molecular weight excluding hydrogens is 284 g/mol. The molecule has 0 saturated carbocycles. The Morgan fingerprint density at radius 1 is 1.45 bits per heavy atom. The van der Waals surface area contributed by atoms with Gasteiger partial charge in [-0.05, 0) is 13.0 Å². The Hall–Kier alpha value is -2.26. The van der Waals surface area contributed by atoms with Gasteiger partial charge >= 0.3 is 0 Å². The van der Waals surface area contributed by atoms with E-state index in [0.717, 1.165) is 0 Å². The Balaban J connectivity index is 2.30. The Morgan fingerprint density at radius 2 is 2.20 bits per heavy atom. The smallest absolute Gasteiger partial charge is 0.273 e. The maximum atomic E-state index is 12.1. The third kappa shape index (κ3) is 2.83. The maximum absolute atomic E-state index is 12.1. The molecule has 1 aromatic heterocycles. The molecule has 2 N–H and O–H groups in total. The minimum atomic E-state index is -3.84. The van der Waals surface area contributed by atoms with Gasteiger partial charge in [0.25, 0.3) is 5.69 Å². The van der Waals surface area contributed by atoms with Crippen LogP contribution >= 0.6 is 0 Å². The zero-order chi connectivity index (χ0) is 14.8. The van der Waals surface area contributed by atoms with Crippen LogP contribution in [0.4, 0.5) is 5.69 Å². The number of benzene rings is 1. The Kier molecular flexibility index (Phi) is 3.81. The molecule has 0 spiro atoms. The van der Waals surface area contributed by atoms with Gasteiger partial charge in [-0.1, -0.05) is 6.07 Å². The highest BCUT2D eigenvalue weighted by Crippen LogP contribution is 2.24. The van der Waals surface area contributed by atoms with Crippen LogP contribution in [-0.4, -0.2) is 23.3 Å². The number of nitro groups is 1. The summed E-state index contributed by atoms with van der Waals surface area (Å²) in [6.45, 7) is 1.39. The van der Waals surface area contributed by atoms with E-state index in [1.54, 1.807) is 6.20 Å². The molecule has 2 rings (SSSR count). The number of imidazole rings is 1. The van der Waals surface area contributed by atoms with Crippen molar-refractivity contribution < 1.29 is 13.3 Å². The van der Waals surface area contributed by atoms with Gasteiger partial charge < -0.3 is 4.98 Å². The van der Waals surface area contributed by atoms with Gasteiger partial charge in [-0.15, -0.1) is 0 Å². The first-order valence-electron chi connectivity index (χ1n) is 5.64. The number of hydrogen-bond acceptors (Lipinski definition) is 5. The van der Waals surface area contributed by atoms with Crippen LogP contribution in [0.1, 0.15) is 11.4 Å². The van der Waals surface area contributed by atoms with Crippen LogP contribution in [0.3, 0.4) is 0 Å². The number of nitrogens with zero attached hydrogens (tertiary/aromatic N) is 2. The first-order chi connectivity index (χ1) is 9.42. The molecule has 0 radical (unpaired) electrons. The molecule has 0 aliphatic heterocycles. The average molecular weight is 296 g/mol. The van der Waals surface area contributed by atoms with Gasteiger partial charge in [0.1, 0.15) is 5.82 Å². The van der Waals surface area contributed by atoms with Crippen molar-refractivity contribution in [1.82, 2.24) is 14.7 Å². The summed E-state index contributed by atoms with van der Waals surface area (Å²) in [5.41, 5.74) is -0.129. The van der Waals surface area contributed by atoms with E-state index in [1.165, 1.54) is 31.3 Å². The van der Waals surface area contributed by atoms with E-state index < -0.39 is 14.9 Å². The average Bonchev–Trinajstić information content (AvgIpc) is 2.89. The highest BCUT2D eigenvalue weighted by atomic mass is 32.2. The number of rotatable bonds is 5. The summed E-state index contributed by atoms with van der Waals surface area (Å²) in [5.74, 6) is 0.455. The molecule has 0 fully saturated rings. The molecule has 0 unspecified atom stereocenters. The van der Waals surface area contributed by atoms with E-state index in [0.29, 0.717) is 5.82 Å². The summed E-state index contributed by atoms with van der Waals surface area (Å²) in [6, 6.07) is 3.93. The van der Waals surface area contributed by atoms with Crippen molar-refractivity contribution in [1.29, 1.82) is 0 Å². The molecule has 0 bridgehead atoms. The molecule has 1 heterocycles. The Bertz CT molecular complexity index is 725. The number of sulfonamides is 1. The second-order valence-corrected chi connectivity index (χ2v) is 5.75. The first kappa shape index (κ1) is 14.2. The van der Waals surface area contributed by atoms with Crippen LogP contribution in [0.5, 0.6) is 0 Å². The molecule has 20 heavy (non-hydrogen) atoms. The van der Waals surface area contributed by atoms with E-state index in [1.807, 2.05) is 0 Å². The molecule has 0 amide bonds. The fourth-order valence-electron chi connectivity index (χ4n) is 1.73. The number of aromatic amines is 1. The molecule has 8 nitrogen and oxygen atoms in total. The van der Waals surface area contributed by atoms with Gasteiger partial charge in [-0.2, -0.15) is 0 Å². The Morgan fingerprint density at radius 3 is 2.80 bits per heavy atom. The number of aromatic nitrogens is 2. The van der Waals surface area contributed by atoms with Crippen LogP contribution in [-0.2, 0) is 16.6 Å². The van der Waals surface area contributed by atoms with Gasteiger partial charge in [0.2, 0.25) is 10.0 Å². The highest BCUT2D eigenvalue weighted by Gasteiger charge is 2.22. The van der Waals surface area contributed by atoms with E-state index in [2.05, 4.69) is 14.7 Å². The van der Waals surface area contributed by atoms with E-state index in [4.69, 9.17) is 0 Å². The van der Waals surface area contributed by atoms with Crippen molar-refractivity contribution in [2.75, 3.05) is 0 Å². The third-order valence-corrected chi connectivity index (χ3v) is 4.27. The molecule has 9 heteroatoms. The highest BCUT2D eigenvalue weighted by molar-refractivity contribution is 7.89. The van der Waals surface area contributed by atoms with Crippen molar-refractivity contribution >= 4 is 15.7 Å². The van der Waals surface area contributed by atoms with Crippen LogP contribution in [0.25, 0.3) is 0 Å². The maximum Gasteiger partial charge on any atom is 0.273 e. The van der Waals surface area contributed by atoms with Crippen molar-refractivity contribution in [3.63, 3.8) is 0 Å². The monoisotopic (exact) mass is 296 g/mol. The van der Waals surface area contributed by atoms with Crippen LogP contribution < -0.4 is 4.72 Å². The summed E-state index contributed by atoms with van der Waals surface area (Å²) in [4.78, 5) is 16.7. The molecule has 2 aromatic rings. The summed E-state index contributed by atoms with van der Waals surface area (Å²) in [5, 5.41) is 10.8. The molecular formula is C11H12N4O4S. The van der Waals surface area contributed by atoms with Crippen molar-refractivity contribution in [3.8, 4) is 0 Å². The standard InChI is InChI=1S/C11H12N4O4S/c1-8-9(15(16)17)3-2-4-10(8)20(18,19)14-7-11-12-5-6-13-11/h2-6,14H,7H2,1H3,(H,12,13). The molecule has 0 aliphatic carbocycles. The second-order valence-electron chi connectivity index (χ2n) is 4.02. The molecule has 0 aliphatic rings. The summed E-state index contributed by atoms with van der Waals surface area (Å²) >= 11 is 0. The number of hydrogen-bond donors (Lipinski definition) is 2. The lowest BCUT2D eigenvalue weighted by Gasteiger charge is -2.08. The fourth-order valence-corrected chi connectivity index (χ4v) is 2.98. The molecule has 106 valence electrons. The lowest BCUT2D eigenvalue weighted by molar-refractivity contribution is -0.385. The predicted octanol–water partition coefficient (Wildman–Crippen LogP) is 1.10. The second kappa shape index (κ2) is 5.39. The molecule has 0 saturated heterocycles. The normalized spacial score (nSPS) is 11.4. The first-order valence-corrected chi connectivity index (χ1v) is 7.12. The SMILES string of the molecule is Cc1c([N+](=O)[O-])cccc1S(=O)(=O)NCc1ncc[nH]1. The van der Waals surface area contributed by atoms with Crippen LogP contribution in [0.2, 0.25) is 0 Å². The number of nitro benzene ring substituents is 1. The van der Waals surface area contributed by atoms with Crippen molar-refractivity contribution in [3.05, 3.63) is 52.1 Å². The molecule has 0 atom stereocenters. The lowest BCUT2D eigenvalue weighted by Crippen LogP contribution is -2.24. The van der Waals surface area contributed by atoms with Crippen molar-refractivity contribution in [2.45, 2.75) is 18.4 Å². The third-order valence-electron chi connectivity index (χ3n) is 2.73. The number of nitrogens with one attached hydrogen (secondary N) is 2. The lowest BCUT2D eigenvalue weighted by atomic mass is 10.2. The molecule has 1 aromatic carbocycles. The van der Waals surface area contributed by atoms with Gasteiger partial charge in [-0.25, -0.2) is 18.1 Å². The van der Waals surface area contributed by atoms with E-state index >= 15 is 0 Å². The van der Waals surface area contributed by atoms with Gasteiger partial charge in [-0.3, -0.25) is 10.1 Å². The zero-order valence-corrected chi connectivity index (χ0v) is 11.3. The topological polar surface area (TPSA) is 118 Å². The van der Waals surface area contributed by atoms with E-state index in [-0.39, 0.29) is 22.7 Å². The van der Waals surface area contributed by atoms with Gasteiger partial charge in [0.05, 0.1) is 16.4 Å². The zero-order valence-electron chi connectivity index (χ0n) is 10.5. The minimum Gasteiger partial charge on any atom is -0.347 e. The Labute approximate surface area is 115 Å².